The molecule has 1 fully saturated rings. The first-order valence-electron chi connectivity index (χ1n) is 2.95. The summed E-state index contributed by atoms with van der Waals surface area (Å²) in [5.41, 5.74) is -0.616. The van der Waals surface area contributed by atoms with Crippen molar-refractivity contribution in [3.05, 3.63) is 0 Å². The fourth-order valence-corrected chi connectivity index (χ4v) is 0.981. The van der Waals surface area contributed by atoms with E-state index in [-0.39, 0.29) is 12.5 Å². The molecule has 1 aliphatic carbocycles. The van der Waals surface area contributed by atoms with Gasteiger partial charge in [-0.05, 0) is 19.3 Å². The maximum absolute atomic E-state index is 10.3. The van der Waals surface area contributed by atoms with Gasteiger partial charge in [-0.15, -0.1) is 0 Å². The number of aliphatic hydroxyl groups is 1. The second-order valence-electron chi connectivity index (χ2n) is 2.81. The van der Waals surface area contributed by atoms with Gasteiger partial charge in [0.05, 0.1) is 5.41 Å². The minimum Gasteiger partial charge on any atom is -0.481 e. The van der Waals surface area contributed by atoms with Gasteiger partial charge in [0, 0.05) is 6.61 Å². The van der Waals surface area contributed by atoms with Gasteiger partial charge in [-0.1, -0.05) is 0 Å². The second-order valence-corrected chi connectivity index (χ2v) is 2.81. The van der Waals surface area contributed by atoms with E-state index < -0.39 is 11.4 Å². The fraction of sp³-hybridized carbons (Fsp3) is 0.833. The van der Waals surface area contributed by atoms with E-state index in [9.17, 15) is 4.79 Å². The van der Waals surface area contributed by atoms with E-state index in [1.807, 2.05) is 0 Å². The van der Waals surface area contributed by atoms with Crippen molar-refractivity contribution in [3.63, 3.8) is 0 Å². The van der Waals surface area contributed by atoms with Crippen molar-refractivity contribution < 1.29 is 15.0 Å². The summed E-state index contributed by atoms with van der Waals surface area (Å²) in [6.45, 7) is 1.67. The Morgan fingerprint density at radius 1 is 1.89 bits per heavy atom. The summed E-state index contributed by atoms with van der Waals surface area (Å²) in [5.74, 6) is -0.795. The molecule has 1 rings (SSSR count). The van der Waals surface area contributed by atoms with Crippen LogP contribution in [0.25, 0.3) is 0 Å². The molecule has 52 valence electrons. The first-order valence-corrected chi connectivity index (χ1v) is 2.95. The molecular weight excluding hydrogens is 120 g/mol. The number of carbonyl (C=O) groups is 1. The van der Waals surface area contributed by atoms with Gasteiger partial charge in [0.2, 0.25) is 0 Å². The Balaban J connectivity index is 2.52. The number of hydrogen-bond donors (Lipinski definition) is 2. The summed E-state index contributed by atoms with van der Waals surface area (Å²) in [7, 11) is 0. The molecule has 0 aromatic heterocycles. The highest BCUT2D eigenvalue weighted by Gasteiger charge is 2.55. The normalized spacial score (nSPS) is 40.4. The van der Waals surface area contributed by atoms with Gasteiger partial charge in [-0.25, -0.2) is 0 Å². The zero-order chi connectivity index (χ0) is 7.07. The molecule has 1 unspecified atom stereocenters. The van der Waals surface area contributed by atoms with E-state index in [1.165, 1.54) is 0 Å². The van der Waals surface area contributed by atoms with E-state index in [1.54, 1.807) is 6.92 Å². The lowest BCUT2D eigenvalue weighted by molar-refractivity contribution is -0.143. The van der Waals surface area contributed by atoms with E-state index in [2.05, 4.69) is 0 Å². The minimum atomic E-state index is -0.790. The smallest absolute Gasteiger partial charge is 0.309 e. The largest absolute Gasteiger partial charge is 0.481 e. The summed E-state index contributed by atoms with van der Waals surface area (Å²) < 4.78 is 0. The van der Waals surface area contributed by atoms with Crippen molar-refractivity contribution in [3.8, 4) is 0 Å². The van der Waals surface area contributed by atoms with Crippen LogP contribution < -0.4 is 0 Å². The zero-order valence-electron chi connectivity index (χ0n) is 5.29. The van der Waals surface area contributed by atoms with Crippen molar-refractivity contribution >= 4 is 5.97 Å². The average Bonchev–Trinajstić information content (AvgIpc) is 2.44. The van der Waals surface area contributed by atoms with Crippen LogP contribution in [-0.2, 0) is 4.79 Å². The van der Waals surface area contributed by atoms with Crippen LogP contribution >= 0.6 is 0 Å². The van der Waals surface area contributed by atoms with Crippen molar-refractivity contribution in [2.24, 2.45) is 11.3 Å². The molecule has 0 aliphatic heterocycles. The predicted octanol–water partition coefficient (Wildman–Crippen LogP) is 0.0895. The molecule has 0 radical (unpaired) electrons. The van der Waals surface area contributed by atoms with Crippen LogP contribution in [-0.4, -0.2) is 22.8 Å². The van der Waals surface area contributed by atoms with E-state index >= 15 is 0 Å². The van der Waals surface area contributed by atoms with Crippen molar-refractivity contribution in [2.45, 2.75) is 13.3 Å². The number of aliphatic hydroxyl groups excluding tert-OH is 1. The Labute approximate surface area is 53.3 Å². The molecule has 0 saturated heterocycles. The van der Waals surface area contributed by atoms with Gasteiger partial charge in [0.25, 0.3) is 0 Å². The predicted molar refractivity (Wildman–Crippen MR) is 30.9 cm³/mol. The molecule has 0 spiro atoms. The number of rotatable bonds is 2. The third-order valence-electron chi connectivity index (χ3n) is 2.12. The summed E-state index contributed by atoms with van der Waals surface area (Å²) in [6, 6.07) is 0. The quantitative estimate of drug-likeness (QED) is 0.557. The Morgan fingerprint density at radius 2 is 2.44 bits per heavy atom. The summed E-state index contributed by atoms with van der Waals surface area (Å²) in [4.78, 5) is 10.3. The molecule has 9 heavy (non-hydrogen) atoms. The molecule has 0 aromatic rings. The average molecular weight is 130 g/mol. The zero-order valence-corrected chi connectivity index (χ0v) is 5.29. The Kier molecular flexibility index (Phi) is 1.24. The minimum absolute atomic E-state index is 0.00278. The number of carboxylic acid groups (broad SMARTS) is 1. The van der Waals surface area contributed by atoms with Crippen LogP contribution in [0, 0.1) is 11.3 Å². The van der Waals surface area contributed by atoms with Gasteiger partial charge in [-0.2, -0.15) is 0 Å². The Hall–Kier alpha value is -0.570. The highest BCUT2D eigenvalue weighted by molar-refractivity contribution is 5.78. The topological polar surface area (TPSA) is 57.5 Å². The van der Waals surface area contributed by atoms with Gasteiger partial charge in [0.1, 0.15) is 0 Å². The maximum Gasteiger partial charge on any atom is 0.309 e. The molecular formula is C6H10O3. The lowest BCUT2D eigenvalue weighted by Gasteiger charge is -2.00. The standard InChI is InChI=1S/C6H10O3/c1-6(5(8)9)2-4(6)3-7/h4,7H,2-3H2,1H3,(H,8,9)/t4?,6-/m0/s1. The summed E-state index contributed by atoms with van der Waals surface area (Å²) >= 11 is 0. The number of aliphatic carboxylic acids is 1. The summed E-state index contributed by atoms with van der Waals surface area (Å²) in [6.07, 6.45) is 0.624. The van der Waals surface area contributed by atoms with Crippen LogP contribution in [0.3, 0.4) is 0 Å². The molecule has 3 nitrogen and oxygen atoms in total. The second kappa shape index (κ2) is 1.70. The van der Waals surface area contributed by atoms with Crippen molar-refractivity contribution in [1.29, 1.82) is 0 Å². The highest BCUT2D eigenvalue weighted by Crippen LogP contribution is 2.51. The van der Waals surface area contributed by atoms with Crippen LogP contribution in [0.4, 0.5) is 0 Å². The Bertz CT molecular complexity index is 143. The monoisotopic (exact) mass is 130 g/mol. The van der Waals surface area contributed by atoms with Gasteiger partial charge < -0.3 is 10.2 Å². The summed E-state index contributed by atoms with van der Waals surface area (Å²) in [5, 5.41) is 17.0. The van der Waals surface area contributed by atoms with Crippen molar-refractivity contribution in [1.82, 2.24) is 0 Å². The molecule has 2 atom stereocenters. The molecule has 0 heterocycles. The van der Waals surface area contributed by atoms with Gasteiger partial charge >= 0.3 is 5.97 Å². The molecule has 0 aromatic carbocycles. The van der Waals surface area contributed by atoms with Crippen LogP contribution in [0.1, 0.15) is 13.3 Å². The van der Waals surface area contributed by atoms with Gasteiger partial charge in [0.15, 0.2) is 0 Å². The third-order valence-corrected chi connectivity index (χ3v) is 2.12. The van der Waals surface area contributed by atoms with Crippen molar-refractivity contribution in [2.75, 3.05) is 6.61 Å². The first kappa shape index (κ1) is 6.55. The molecule has 3 heteroatoms. The number of carboxylic acids is 1. The van der Waals surface area contributed by atoms with Crippen LogP contribution in [0.15, 0.2) is 0 Å². The first-order chi connectivity index (χ1) is 4.11. The van der Waals surface area contributed by atoms with Gasteiger partial charge in [-0.3, -0.25) is 4.79 Å². The highest BCUT2D eigenvalue weighted by atomic mass is 16.4. The molecule has 0 bridgehead atoms. The number of hydrogen-bond acceptors (Lipinski definition) is 2. The van der Waals surface area contributed by atoms with E-state index in [0.717, 1.165) is 0 Å². The molecule has 1 aliphatic rings. The fourth-order valence-electron chi connectivity index (χ4n) is 0.981. The SMILES string of the molecule is C[C@]1(C(=O)O)CC1CO. The molecule has 2 N–H and O–H groups in total. The lowest BCUT2D eigenvalue weighted by Crippen LogP contribution is -2.14. The van der Waals surface area contributed by atoms with Crippen LogP contribution in [0.2, 0.25) is 0 Å². The maximum atomic E-state index is 10.3. The van der Waals surface area contributed by atoms with E-state index in [0.29, 0.717) is 6.42 Å². The molecule has 1 saturated carbocycles. The third kappa shape index (κ3) is 0.812. The lowest BCUT2D eigenvalue weighted by atomic mass is 10.1. The van der Waals surface area contributed by atoms with Crippen LogP contribution in [0.5, 0.6) is 0 Å². The Morgan fingerprint density at radius 3 is 2.56 bits per heavy atom. The molecule has 0 amide bonds. The van der Waals surface area contributed by atoms with E-state index in [4.69, 9.17) is 10.2 Å².